The van der Waals surface area contributed by atoms with E-state index in [4.69, 9.17) is 0 Å². The first kappa shape index (κ1) is 29.7. The van der Waals surface area contributed by atoms with Gasteiger partial charge in [-0.15, -0.1) is 0 Å². The summed E-state index contributed by atoms with van der Waals surface area (Å²) in [4.78, 5) is 0. The lowest BCUT2D eigenvalue weighted by Crippen LogP contribution is -2.10. The van der Waals surface area contributed by atoms with Crippen molar-refractivity contribution in [2.24, 2.45) is 17.3 Å². The summed E-state index contributed by atoms with van der Waals surface area (Å²) in [5, 5.41) is 5.28. The minimum absolute atomic E-state index is 0.117. The monoisotopic (exact) mass is 694 g/mol. The van der Waals surface area contributed by atoms with Gasteiger partial charge in [0.2, 0.25) is 0 Å². The summed E-state index contributed by atoms with van der Waals surface area (Å²) < 4.78 is 0. The molecule has 0 amide bonds. The second-order valence-corrected chi connectivity index (χ2v) is 15.8. The summed E-state index contributed by atoms with van der Waals surface area (Å²) in [5.74, 6) is 0.741. The van der Waals surface area contributed by atoms with Crippen LogP contribution in [0.25, 0.3) is 88.3 Å². The molecular formula is C55H34. The quantitative estimate of drug-likeness (QED) is 0.172. The minimum atomic E-state index is -0.117. The van der Waals surface area contributed by atoms with E-state index in [-0.39, 0.29) is 5.41 Å². The molecule has 0 bridgehead atoms. The Bertz CT molecular complexity index is 2890. The summed E-state index contributed by atoms with van der Waals surface area (Å²) in [5.41, 5.74) is 22.1. The molecule has 13 rings (SSSR count). The van der Waals surface area contributed by atoms with Crippen LogP contribution in [0.3, 0.4) is 0 Å². The fourth-order valence-corrected chi connectivity index (χ4v) is 11.6. The molecule has 254 valence electrons. The lowest BCUT2D eigenvalue weighted by molar-refractivity contribution is 0.845. The van der Waals surface area contributed by atoms with Gasteiger partial charge in [0, 0.05) is 17.3 Å². The zero-order valence-electron chi connectivity index (χ0n) is 30.1. The van der Waals surface area contributed by atoms with Crippen molar-refractivity contribution in [2.45, 2.75) is 0 Å². The Kier molecular flexibility index (Phi) is 5.76. The lowest BCUT2D eigenvalue weighted by Gasteiger charge is -2.30. The molecule has 0 saturated heterocycles. The highest BCUT2D eigenvalue weighted by Gasteiger charge is 2.76. The van der Waals surface area contributed by atoms with Gasteiger partial charge in [-0.1, -0.05) is 194 Å². The van der Waals surface area contributed by atoms with Crippen LogP contribution in [0.1, 0.15) is 22.3 Å². The molecule has 55 heavy (non-hydrogen) atoms. The molecule has 0 aromatic heterocycles. The number of benzene rings is 8. The summed E-state index contributed by atoms with van der Waals surface area (Å²) in [6.45, 7) is 0. The number of rotatable bonds is 4. The Labute approximate surface area is 320 Å². The van der Waals surface area contributed by atoms with Crippen molar-refractivity contribution in [3.05, 3.63) is 216 Å². The van der Waals surface area contributed by atoms with E-state index in [1.54, 1.807) is 0 Å². The molecule has 8 aromatic carbocycles. The number of hydrogen-bond donors (Lipinski definition) is 0. The summed E-state index contributed by atoms with van der Waals surface area (Å²) in [7, 11) is 0. The van der Waals surface area contributed by atoms with Crippen molar-refractivity contribution < 1.29 is 0 Å². The Balaban J connectivity index is 1.20. The van der Waals surface area contributed by atoms with Gasteiger partial charge in [0.25, 0.3) is 0 Å². The molecule has 2 unspecified atom stereocenters. The van der Waals surface area contributed by atoms with E-state index in [1.807, 2.05) is 0 Å². The highest BCUT2D eigenvalue weighted by Crippen LogP contribution is 2.87. The van der Waals surface area contributed by atoms with Crippen LogP contribution >= 0.6 is 0 Å². The summed E-state index contributed by atoms with van der Waals surface area (Å²) >= 11 is 0. The van der Waals surface area contributed by atoms with Crippen molar-refractivity contribution in [3.63, 3.8) is 0 Å². The third kappa shape index (κ3) is 3.63. The van der Waals surface area contributed by atoms with Gasteiger partial charge in [-0.2, -0.15) is 0 Å². The predicted octanol–water partition coefficient (Wildman–Crippen LogP) is 14.2. The second-order valence-electron chi connectivity index (χ2n) is 15.8. The molecule has 0 radical (unpaired) electrons. The smallest absolute Gasteiger partial charge is 0.0365 e. The van der Waals surface area contributed by atoms with Crippen molar-refractivity contribution in [2.75, 3.05) is 0 Å². The van der Waals surface area contributed by atoms with Crippen molar-refractivity contribution in [3.8, 4) is 44.5 Å². The van der Waals surface area contributed by atoms with E-state index < -0.39 is 0 Å². The fourth-order valence-electron chi connectivity index (χ4n) is 11.6. The van der Waals surface area contributed by atoms with Gasteiger partial charge in [-0.05, 0) is 111 Å². The van der Waals surface area contributed by atoms with Crippen molar-refractivity contribution in [1.82, 2.24) is 0 Å². The molecule has 1 spiro atoms. The zero-order chi connectivity index (χ0) is 35.8. The normalized spacial score (nSPS) is 20.5. The molecule has 0 heteroatoms. The molecule has 2 atom stereocenters. The van der Waals surface area contributed by atoms with Crippen LogP contribution in [0, 0.1) is 17.3 Å². The van der Waals surface area contributed by atoms with E-state index in [0.29, 0.717) is 11.8 Å². The Morgan fingerprint density at radius 1 is 0.255 bits per heavy atom. The highest BCUT2D eigenvalue weighted by atomic mass is 14.8. The van der Waals surface area contributed by atoms with Gasteiger partial charge in [0.1, 0.15) is 0 Å². The number of hydrogen-bond acceptors (Lipinski definition) is 0. The predicted molar refractivity (Wildman–Crippen MR) is 231 cm³/mol. The topological polar surface area (TPSA) is 0 Å². The molecule has 0 aliphatic heterocycles. The summed E-state index contributed by atoms with van der Waals surface area (Å²) in [6.07, 6.45) is 10.2. The molecule has 1 saturated carbocycles. The van der Waals surface area contributed by atoms with Gasteiger partial charge in [-0.25, -0.2) is 0 Å². The molecule has 0 N–H and O–H groups in total. The third-order valence-corrected chi connectivity index (χ3v) is 13.4. The first-order chi connectivity index (χ1) is 27.4. The van der Waals surface area contributed by atoms with Crippen LogP contribution in [0.15, 0.2) is 194 Å². The zero-order valence-corrected chi connectivity index (χ0v) is 30.1. The van der Waals surface area contributed by atoms with Crippen LogP contribution < -0.4 is 0 Å². The van der Waals surface area contributed by atoms with E-state index in [0.717, 1.165) is 0 Å². The first-order valence-corrected chi connectivity index (χ1v) is 19.6. The maximum Gasteiger partial charge on any atom is 0.0365 e. The van der Waals surface area contributed by atoms with Crippen LogP contribution in [0.4, 0.5) is 0 Å². The van der Waals surface area contributed by atoms with E-state index in [1.165, 1.54) is 111 Å². The molecule has 1 fully saturated rings. The molecule has 0 heterocycles. The van der Waals surface area contributed by atoms with E-state index >= 15 is 0 Å². The van der Waals surface area contributed by atoms with Crippen LogP contribution in [0.2, 0.25) is 0 Å². The Morgan fingerprint density at radius 2 is 0.527 bits per heavy atom. The average molecular weight is 695 g/mol. The average Bonchev–Trinajstić information content (AvgIpc) is 3.88. The molecular weight excluding hydrogens is 661 g/mol. The lowest BCUT2D eigenvalue weighted by atomic mass is 9.73. The van der Waals surface area contributed by atoms with E-state index in [2.05, 4.69) is 194 Å². The van der Waals surface area contributed by atoms with Crippen molar-refractivity contribution >= 4 is 43.8 Å². The number of allylic oxidation sites excluding steroid dienone is 8. The van der Waals surface area contributed by atoms with Crippen molar-refractivity contribution in [1.29, 1.82) is 0 Å². The van der Waals surface area contributed by atoms with Gasteiger partial charge >= 0.3 is 0 Å². The Hall–Kier alpha value is -6.76. The molecule has 8 aromatic rings. The molecule has 5 aliphatic carbocycles. The molecule has 0 nitrogen and oxygen atoms in total. The van der Waals surface area contributed by atoms with Gasteiger partial charge < -0.3 is 0 Å². The second kappa shape index (κ2) is 10.7. The molecule has 5 aliphatic rings. The standard InChI is InChI=1S/C55H34/c1-5-17-33(18-6-1)45-37-25-13-14-26-38(37)46(34-19-7-2-8-20-34)50-42-30-32-44-52-48(36-23-11-4-12-24-36)40-28-16-15-27-39(40)47(35-21-9-3-10-22-35)51(52)43-31-29-41(49(45)50)53-54(42)55(43,44)53/h1-32,53-54H. The fraction of sp³-hybridized carbons (Fsp3) is 0.0545. The largest absolute Gasteiger partial charge is 0.0622 e. The SMILES string of the molecule is C1=C2c3c(c(-c4ccccc4)c4ccccc4c3-c3ccccc3)C3=CC=C4c5c(c(-c6ccccc6)c6ccccc6c5-c5ccccc5)C(=C1)C41C2C31. The van der Waals surface area contributed by atoms with Gasteiger partial charge in [-0.3, -0.25) is 0 Å². The maximum absolute atomic E-state index is 2.55. The van der Waals surface area contributed by atoms with Gasteiger partial charge in [0.15, 0.2) is 0 Å². The maximum atomic E-state index is 2.55. The highest BCUT2D eigenvalue weighted by molar-refractivity contribution is 6.26. The third-order valence-electron chi connectivity index (χ3n) is 13.4. The number of fused-ring (bicyclic) bond motifs is 8. The van der Waals surface area contributed by atoms with Crippen LogP contribution in [-0.4, -0.2) is 0 Å². The van der Waals surface area contributed by atoms with Crippen LogP contribution in [0.5, 0.6) is 0 Å². The van der Waals surface area contributed by atoms with Crippen LogP contribution in [-0.2, 0) is 0 Å². The summed E-state index contributed by atoms with van der Waals surface area (Å²) in [6, 6.07) is 62.9. The van der Waals surface area contributed by atoms with E-state index in [9.17, 15) is 0 Å². The van der Waals surface area contributed by atoms with Gasteiger partial charge in [0.05, 0.1) is 0 Å². The first-order valence-electron chi connectivity index (χ1n) is 19.6. The Morgan fingerprint density at radius 3 is 0.836 bits per heavy atom. The minimum Gasteiger partial charge on any atom is -0.0622 e.